The van der Waals surface area contributed by atoms with E-state index in [0.717, 1.165) is 67.7 Å². The number of rotatable bonds is 5. The van der Waals surface area contributed by atoms with Gasteiger partial charge in [-0.2, -0.15) is 0 Å². The quantitative estimate of drug-likeness (QED) is 0.273. The molecule has 3 amide bonds. The van der Waals surface area contributed by atoms with Crippen LogP contribution in [0.3, 0.4) is 0 Å². The number of nitrogens with one attached hydrogen (secondary N) is 2. The van der Waals surface area contributed by atoms with Crippen molar-refractivity contribution in [2.75, 3.05) is 13.2 Å². The fraction of sp³-hybridized carbons (Fsp3) is 0.576. The van der Waals surface area contributed by atoms with Crippen molar-refractivity contribution in [3.63, 3.8) is 0 Å². The summed E-state index contributed by atoms with van der Waals surface area (Å²) in [5.41, 5.74) is 1.12. The summed E-state index contributed by atoms with van der Waals surface area (Å²) in [6.07, 6.45) is 9.56. The molecule has 0 spiro atoms. The molecule has 0 radical (unpaired) electrons. The maximum absolute atomic E-state index is 14.4. The molecule has 5 atom stereocenters. The predicted molar refractivity (Wildman–Crippen MR) is 170 cm³/mol. The molecule has 1 aromatic carbocycles. The van der Waals surface area contributed by atoms with Crippen LogP contribution in [0.25, 0.3) is 10.8 Å². The van der Waals surface area contributed by atoms with Crippen molar-refractivity contribution < 1.29 is 38.2 Å². The first-order chi connectivity index (χ1) is 22.1. The van der Waals surface area contributed by atoms with Crippen LogP contribution in [-0.4, -0.2) is 74.2 Å². The Morgan fingerprint density at radius 1 is 1.13 bits per heavy atom. The lowest BCUT2D eigenvalue weighted by Gasteiger charge is -2.34. The van der Waals surface area contributed by atoms with Crippen molar-refractivity contribution in [3.05, 3.63) is 48.7 Å². The fourth-order valence-corrected chi connectivity index (χ4v) is 8.57. The molecule has 6 rings (SSSR count). The summed E-state index contributed by atoms with van der Waals surface area (Å²) < 4.78 is 24.5. The number of carbonyl (C=O) groups excluding carboxylic acids is 3. The van der Waals surface area contributed by atoms with E-state index < -0.39 is 54.9 Å². The van der Waals surface area contributed by atoms with E-state index in [1.54, 1.807) is 6.20 Å². The van der Waals surface area contributed by atoms with Gasteiger partial charge in [0.2, 0.25) is 17.7 Å². The van der Waals surface area contributed by atoms with Gasteiger partial charge in [-0.1, -0.05) is 37.5 Å². The van der Waals surface area contributed by atoms with E-state index in [2.05, 4.69) is 34.3 Å². The highest BCUT2D eigenvalue weighted by Crippen LogP contribution is 2.67. The summed E-state index contributed by atoms with van der Waals surface area (Å²) in [6, 6.07) is 6.04. The molecule has 3 fully saturated rings. The van der Waals surface area contributed by atoms with Crippen LogP contribution in [0.1, 0.15) is 69.8 Å². The van der Waals surface area contributed by atoms with Crippen molar-refractivity contribution in [1.29, 1.82) is 0 Å². The van der Waals surface area contributed by atoms with Crippen LogP contribution < -0.4 is 15.4 Å². The highest BCUT2D eigenvalue weighted by molar-refractivity contribution is 7.54. The third-order valence-corrected chi connectivity index (χ3v) is 11.7. The number of pyridine rings is 1. The van der Waals surface area contributed by atoms with Crippen LogP contribution in [0.5, 0.6) is 5.88 Å². The van der Waals surface area contributed by atoms with Crippen molar-refractivity contribution in [2.24, 2.45) is 11.8 Å². The van der Waals surface area contributed by atoms with Gasteiger partial charge in [-0.25, -0.2) is 9.78 Å². The topological polar surface area (TPSA) is 167 Å². The first kappa shape index (κ1) is 32.5. The number of cyclic esters (lactones) is 1. The van der Waals surface area contributed by atoms with Crippen molar-refractivity contribution in [1.82, 2.24) is 20.5 Å². The minimum absolute atomic E-state index is 0.0302. The van der Waals surface area contributed by atoms with Crippen LogP contribution in [-0.2, 0) is 25.3 Å². The van der Waals surface area contributed by atoms with Gasteiger partial charge in [0.25, 0.3) is 0 Å². The molecule has 3 heterocycles. The number of carbonyl (C=O) groups is 3. The van der Waals surface area contributed by atoms with Crippen LogP contribution in [0, 0.1) is 11.8 Å². The third kappa shape index (κ3) is 6.66. The third-order valence-electron chi connectivity index (χ3n) is 10.1. The van der Waals surface area contributed by atoms with Crippen molar-refractivity contribution in [2.45, 2.75) is 94.1 Å². The Bertz CT molecular complexity index is 1540. The van der Waals surface area contributed by atoms with Crippen molar-refractivity contribution >= 4 is 36.3 Å². The average molecular weight is 655 g/mol. The van der Waals surface area contributed by atoms with Gasteiger partial charge in [0.1, 0.15) is 23.5 Å². The Balaban J connectivity index is 1.35. The molecule has 4 N–H and O–H groups in total. The number of benzene rings is 1. The molecule has 46 heavy (non-hydrogen) atoms. The average Bonchev–Trinajstić information content (AvgIpc) is 3.62. The minimum Gasteiger partial charge on any atom is -0.472 e. The first-order valence-corrected chi connectivity index (χ1v) is 18.0. The normalized spacial score (nSPS) is 29.7. The molecule has 12 nitrogen and oxygen atoms in total. The molecular weight excluding hydrogens is 611 g/mol. The zero-order valence-electron chi connectivity index (χ0n) is 25.9. The number of amides is 3. The number of hydrogen-bond acceptors (Lipinski definition) is 7. The summed E-state index contributed by atoms with van der Waals surface area (Å²) in [7, 11) is -4.76. The van der Waals surface area contributed by atoms with Crippen molar-refractivity contribution in [3.8, 4) is 5.88 Å². The summed E-state index contributed by atoms with van der Waals surface area (Å²) in [5.74, 6) is -1.47. The van der Waals surface area contributed by atoms with Crippen LogP contribution in [0.2, 0.25) is 0 Å². The van der Waals surface area contributed by atoms with E-state index in [0.29, 0.717) is 12.3 Å². The molecule has 2 aliphatic carbocycles. The van der Waals surface area contributed by atoms with Crippen LogP contribution in [0.4, 0.5) is 4.79 Å². The number of alkyl carbamates (subject to hydrolysis) is 1. The monoisotopic (exact) mass is 654 g/mol. The Kier molecular flexibility index (Phi) is 9.41. The Morgan fingerprint density at radius 3 is 2.65 bits per heavy atom. The van der Waals surface area contributed by atoms with Gasteiger partial charge in [0.05, 0.1) is 13.2 Å². The number of fused-ring (bicyclic) bond motifs is 3. The summed E-state index contributed by atoms with van der Waals surface area (Å²) in [5, 5.41) is 5.46. The van der Waals surface area contributed by atoms with Gasteiger partial charge in [-0.15, -0.1) is 6.58 Å². The highest BCUT2D eigenvalue weighted by Gasteiger charge is 2.66. The molecule has 2 unspecified atom stereocenters. The molecule has 4 bridgehead atoms. The van der Waals surface area contributed by atoms with E-state index in [1.165, 1.54) is 11.0 Å². The molecule has 1 aromatic heterocycles. The largest absolute Gasteiger partial charge is 0.472 e. The lowest BCUT2D eigenvalue weighted by molar-refractivity contribution is -0.141. The molecule has 4 aliphatic rings. The number of aromatic nitrogens is 1. The van der Waals surface area contributed by atoms with Gasteiger partial charge in [0.15, 0.2) is 0 Å². The molecule has 2 saturated carbocycles. The van der Waals surface area contributed by atoms with E-state index >= 15 is 0 Å². The van der Waals surface area contributed by atoms with E-state index in [1.807, 2.05) is 12.1 Å². The second-order valence-electron chi connectivity index (χ2n) is 13.1. The summed E-state index contributed by atoms with van der Waals surface area (Å²) in [4.78, 5) is 67.6. The van der Waals surface area contributed by atoms with Gasteiger partial charge < -0.3 is 34.8 Å². The van der Waals surface area contributed by atoms with E-state index in [4.69, 9.17) is 9.47 Å². The summed E-state index contributed by atoms with van der Waals surface area (Å²) >= 11 is 0. The highest BCUT2D eigenvalue weighted by atomic mass is 31.2. The predicted octanol–water partition coefficient (Wildman–Crippen LogP) is 4.18. The zero-order valence-corrected chi connectivity index (χ0v) is 26.8. The lowest BCUT2D eigenvalue weighted by atomic mass is 9.83. The first-order valence-electron chi connectivity index (χ1n) is 16.4. The molecule has 2 aliphatic heterocycles. The SMILES string of the molecule is C=CC1CC1(NC(=O)[C@@H]1C[C@@H]2CN1C(=O)[C@H](C1CCCCC1)NC(=O)OCCCCCc1ccc3ccnc(c3c1)O2)P(=O)(O)O. The Morgan fingerprint density at radius 2 is 1.91 bits per heavy atom. The minimum atomic E-state index is -4.76. The van der Waals surface area contributed by atoms with Crippen LogP contribution in [0.15, 0.2) is 43.1 Å². The van der Waals surface area contributed by atoms with E-state index in [-0.39, 0.29) is 31.9 Å². The maximum atomic E-state index is 14.4. The van der Waals surface area contributed by atoms with Gasteiger partial charge >= 0.3 is 13.7 Å². The molecule has 248 valence electrons. The van der Waals surface area contributed by atoms with Gasteiger partial charge in [-0.3, -0.25) is 14.2 Å². The zero-order chi connectivity index (χ0) is 32.5. The Hall–Kier alpha value is -3.47. The fourth-order valence-electron chi connectivity index (χ4n) is 7.34. The smallest absolute Gasteiger partial charge is 0.407 e. The van der Waals surface area contributed by atoms with Gasteiger partial charge in [-0.05, 0) is 73.9 Å². The molecule has 13 heteroatoms. The summed E-state index contributed by atoms with van der Waals surface area (Å²) in [6.45, 7) is 3.92. The maximum Gasteiger partial charge on any atom is 0.407 e. The number of nitrogens with zero attached hydrogens (tertiary/aromatic N) is 2. The number of ether oxygens (including phenoxy) is 2. The number of aryl methyl sites for hydroxylation is 1. The molecular formula is C33H43N4O8P. The molecule has 2 aromatic rings. The van der Waals surface area contributed by atoms with E-state index in [9.17, 15) is 28.7 Å². The standard InChI is InChI=1S/C33H43N4O8P/c1-2-24-19-33(24,46(41,42)43)36-29(38)27-18-25-20-37(27)31(39)28(23-10-6-3-7-11-23)35-32(40)44-16-8-4-5-9-21-12-13-22-14-15-34-30(45-25)26(22)17-21/h2,12-15,17,23-25,27-28H,1,3-11,16,18-20H2,(H,35,40)(H,36,38)(H2,41,42,43)/t24?,25-,27+,28+,33?/m1/s1. The second-order valence-corrected chi connectivity index (χ2v) is 15.0. The number of hydrogen-bond donors (Lipinski definition) is 4. The second kappa shape index (κ2) is 13.3. The molecule has 1 saturated heterocycles. The lowest BCUT2D eigenvalue weighted by Crippen LogP contribution is -2.57. The van der Waals surface area contributed by atoms with Gasteiger partial charge in [0, 0.05) is 23.9 Å². The van der Waals surface area contributed by atoms with Crippen LogP contribution >= 0.6 is 7.60 Å². The Labute approximate surface area is 268 Å².